The van der Waals surface area contributed by atoms with Crippen molar-refractivity contribution in [2.75, 3.05) is 0 Å². The second-order valence-electron chi connectivity index (χ2n) is 5.38. The maximum absolute atomic E-state index is 12.9. The zero-order valence-corrected chi connectivity index (χ0v) is 12.9. The van der Waals surface area contributed by atoms with Crippen LogP contribution in [-0.4, -0.2) is 16.6 Å². The van der Waals surface area contributed by atoms with E-state index in [0.717, 1.165) is 5.56 Å². The van der Waals surface area contributed by atoms with Crippen molar-refractivity contribution in [2.45, 2.75) is 19.8 Å². The monoisotopic (exact) mass is 327 g/mol. The van der Waals surface area contributed by atoms with Gasteiger partial charge in [-0.3, -0.25) is 9.59 Å². The summed E-state index contributed by atoms with van der Waals surface area (Å²) in [6.07, 6.45) is 1.69. The molecule has 0 spiro atoms. The van der Waals surface area contributed by atoms with E-state index in [-0.39, 0.29) is 18.1 Å². The summed E-state index contributed by atoms with van der Waals surface area (Å²) >= 11 is 0. The molecule has 0 aliphatic carbocycles. The number of halogens is 1. The first-order valence-electron chi connectivity index (χ1n) is 7.33. The van der Waals surface area contributed by atoms with Crippen molar-refractivity contribution < 1.29 is 22.8 Å². The van der Waals surface area contributed by atoms with Crippen LogP contribution in [0.1, 0.15) is 33.5 Å². The molecular weight excluding hydrogens is 313 g/mol. The first-order chi connectivity index (χ1) is 11.5. The molecule has 0 saturated carbocycles. The Kier molecular flexibility index (Phi) is 4.37. The number of nitrogens with zero attached hydrogens (tertiary/aromatic N) is 1. The van der Waals surface area contributed by atoms with Crippen LogP contribution in [0.2, 0.25) is 0 Å². The molecule has 0 saturated heterocycles. The van der Waals surface area contributed by atoms with Crippen LogP contribution in [0.15, 0.2) is 51.4 Å². The number of aryl methyl sites for hydroxylation is 1. The summed E-state index contributed by atoms with van der Waals surface area (Å²) in [5, 5.41) is 0. The third kappa shape index (κ3) is 3.65. The molecule has 0 radical (unpaired) electrons. The molecule has 24 heavy (non-hydrogen) atoms. The summed E-state index contributed by atoms with van der Waals surface area (Å²) < 4.78 is 23.5. The predicted molar refractivity (Wildman–Crippen MR) is 82.2 cm³/mol. The third-order valence-electron chi connectivity index (χ3n) is 3.41. The van der Waals surface area contributed by atoms with Gasteiger partial charge >= 0.3 is 0 Å². The maximum Gasteiger partial charge on any atom is 0.283 e. The van der Waals surface area contributed by atoms with Crippen LogP contribution in [0.4, 0.5) is 4.39 Å². The van der Waals surface area contributed by atoms with E-state index in [2.05, 4.69) is 4.98 Å². The lowest BCUT2D eigenvalue weighted by molar-refractivity contribution is -0.114. The van der Waals surface area contributed by atoms with Crippen LogP contribution < -0.4 is 0 Å². The van der Waals surface area contributed by atoms with E-state index < -0.39 is 11.6 Å². The molecule has 2 heterocycles. The summed E-state index contributed by atoms with van der Waals surface area (Å²) in [6.45, 7) is 1.64. The number of ketones is 2. The second kappa shape index (κ2) is 6.62. The van der Waals surface area contributed by atoms with E-state index in [1.165, 1.54) is 18.3 Å². The molecule has 3 aromatic rings. The van der Waals surface area contributed by atoms with Crippen molar-refractivity contribution in [1.82, 2.24) is 4.98 Å². The Morgan fingerprint density at radius 3 is 2.42 bits per heavy atom. The lowest BCUT2D eigenvalue weighted by Crippen LogP contribution is -2.16. The van der Waals surface area contributed by atoms with Crippen molar-refractivity contribution in [3.05, 3.63) is 77.1 Å². The Labute approximate surface area is 137 Å². The zero-order chi connectivity index (χ0) is 17.1. The number of aromatic nitrogens is 1. The molecule has 3 rings (SSSR count). The van der Waals surface area contributed by atoms with E-state index in [4.69, 9.17) is 8.83 Å². The second-order valence-corrected chi connectivity index (χ2v) is 5.38. The standard InChI is InChI=1S/C18H14FNO4/c1-11-10-20-18(23-11)17(22)16(21)9-15-7-6-14(24-15)8-12-2-4-13(19)5-3-12/h2-7,10H,8-9H2,1H3. The van der Waals surface area contributed by atoms with Crippen molar-refractivity contribution in [2.24, 2.45) is 0 Å². The SMILES string of the molecule is Cc1cnc(C(=O)C(=O)Cc2ccc(Cc3ccc(F)cc3)o2)o1. The number of rotatable bonds is 6. The lowest BCUT2D eigenvalue weighted by atomic mass is 10.1. The van der Waals surface area contributed by atoms with Gasteiger partial charge in [0.05, 0.1) is 12.6 Å². The Morgan fingerprint density at radius 1 is 1.04 bits per heavy atom. The number of carbonyl (C=O) groups excluding carboxylic acids is 2. The number of Topliss-reactive ketones (excluding diaryl/α,β-unsaturated/α-hetero) is 2. The van der Waals surface area contributed by atoms with Crippen LogP contribution in [0, 0.1) is 12.7 Å². The number of carbonyl (C=O) groups is 2. The van der Waals surface area contributed by atoms with Gasteiger partial charge in [-0.1, -0.05) is 12.1 Å². The molecule has 0 bridgehead atoms. The summed E-state index contributed by atoms with van der Waals surface area (Å²) in [5.41, 5.74) is 0.884. The third-order valence-corrected chi connectivity index (χ3v) is 3.41. The first kappa shape index (κ1) is 15.9. The minimum atomic E-state index is -0.778. The molecule has 0 aliphatic heterocycles. The zero-order valence-electron chi connectivity index (χ0n) is 12.9. The molecule has 0 aliphatic rings. The van der Waals surface area contributed by atoms with Gasteiger partial charge in [0.2, 0.25) is 5.78 Å². The van der Waals surface area contributed by atoms with Gasteiger partial charge in [0.25, 0.3) is 11.7 Å². The minimum Gasteiger partial charge on any atom is -0.465 e. The normalized spacial score (nSPS) is 10.8. The summed E-state index contributed by atoms with van der Waals surface area (Å²) in [6, 6.07) is 9.45. The molecule has 0 amide bonds. The van der Waals surface area contributed by atoms with Crippen LogP contribution >= 0.6 is 0 Å². The number of oxazole rings is 1. The smallest absolute Gasteiger partial charge is 0.283 e. The molecular formula is C18H14FNO4. The van der Waals surface area contributed by atoms with E-state index in [9.17, 15) is 14.0 Å². The molecule has 5 nitrogen and oxygen atoms in total. The number of furan rings is 1. The topological polar surface area (TPSA) is 73.3 Å². The van der Waals surface area contributed by atoms with Crippen molar-refractivity contribution in [3.8, 4) is 0 Å². The highest BCUT2D eigenvalue weighted by molar-refractivity contribution is 6.42. The van der Waals surface area contributed by atoms with Gasteiger partial charge in [0, 0.05) is 6.42 Å². The Bertz CT molecular complexity index is 877. The van der Waals surface area contributed by atoms with E-state index in [0.29, 0.717) is 23.7 Å². The molecule has 2 aromatic heterocycles. The Hall–Kier alpha value is -3.02. The molecule has 1 aromatic carbocycles. The quantitative estimate of drug-likeness (QED) is 0.513. The Morgan fingerprint density at radius 2 is 1.75 bits per heavy atom. The fourth-order valence-corrected chi connectivity index (χ4v) is 2.23. The van der Waals surface area contributed by atoms with Crippen molar-refractivity contribution >= 4 is 11.6 Å². The summed E-state index contributed by atoms with van der Waals surface area (Å²) in [7, 11) is 0. The summed E-state index contributed by atoms with van der Waals surface area (Å²) in [5.74, 6) is -0.470. The largest absolute Gasteiger partial charge is 0.465 e. The average molecular weight is 327 g/mol. The van der Waals surface area contributed by atoms with Crippen molar-refractivity contribution in [1.29, 1.82) is 0 Å². The fourth-order valence-electron chi connectivity index (χ4n) is 2.23. The molecule has 0 N–H and O–H groups in total. The highest BCUT2D eigenvalue weighted by atomic mass is 19.1. The van der Waals surface area contributed by atoms with E-state index in [1.54, 1.807) is 31.2 Å². The van der Waals surface area contributed by atoms with Crippen LogP contribution in [-0.2, 0) is 17.6 Å². The Balaban J connectivity index is 1.64. The molecule has 6 heteroatoms. The summed E-state index contributed by atoms with van der Waals surface area (Å²) in [4.78, 5) is 27.6. The molecule has 122 valence electrons. The van der Waals surface area contributed by atoms with Gasteiger partial charge < -0.3 is 8.83 Å². The van der Waals surface area contributed by atoms with Gasteiger partial charge in [-0.05, 0) is 36.8 Å². The van der Waals surface area contributed by atoms with Gasteiger partial charge in [-0.15, -0.1) is 0 Å². The highest BCUT2D eigenvalue weighted by Gasteiger charge is 2.22. The average Bonchev–Trinajstić information content (AvgIpc) is 3.18. The van der Waals surface area contributed by atoms with Crippen molar-refractivity contribution in [3.63, 3.8) is 0 Å². The van der Waals surface area contributed by atoms with Gasteiger partial charge in [-0.2, -0.15) is 0 Å². The molecule has 0 fully saturated rings. The van der Waals surface area contributed by atoms with E-state index >= 15 is 0 Å². The fraction of sp³-hybridized carbons (Fsp3) is 0.167. The van der Waals surface area contributed by atoms with Crippen LogP contribution in [0.3, 0.4) is 0 Å². The van der Waals surface area contributed by atoms with Crippen LogP contribution in [0.25, 0.3) is 0 Å². The minimum absolute atomic E-state index is 0.163. The van der Waals surface area contributed by atoms with E-state index in [1.807, 2.05) is 0 Å². The molecule has 0 atom stereocenters. The lowest BCUT2D eigenvalue weighted by Gasteiger charge is -1.99. The highest BCUT2D eigenvalue weighted by Crippen LogP contribution is 2.15. The van der Waals surface area contributed by atoms with Gasteiger partial charge in [0.1, 0.15) is 23.1 Å². The maximum atomic E-state index is 12.9. The number of hydrogen-bond acceptors (Lipinski definition) is 5. The van der Waals surface area contributed by atoms with Crippen LogP contribution in [0.5, 0.6) is 0 Å². The predicted octanol–water partition coefficient (Wildman–Crippen LogP) is 3.30. The number of hydrogen-bond donors (Lipinski definition) is 0. The number of benzene rings is 1. The van der Waals surface area contributed by atoms with Gasteiger partial charge in [0.15, 0.2) is 0 Å². The molecule has 0 unspecified atom stereocenters. The first-order valence-corrected chi connectivity index (χ1v) is 7.33. The van der Waals surface area contributed by atoms with Gasteiger partial charge in [-0.25, -0.2) is 9.37 Å².